The van der Waals surface area contributed by atoms with Crippen LogP contribution in [0, 0.1) is 0 Å². The van der Waals surface area contributed by atoms with Gasteiger partial charge in [0.1, 0.15) is 0 Å². The summed E-state index contributed by atoms with van der Waals surface area (Å²) >= 11 is 3.34. The second-order valence-electron chi connectivity index (χ2n) is 3.93. The number of nitrogens with one attached hydrogen (secondary N) is 1. The van der Waals surface area contributed by atoms with E-state index in [4.69, 9.17) is 5.73 Å². The molecule has 0 bridgehead atoms. The SMILES string of the molecule is Nc1ccc(CNC(=O)c2cccc(Br)c2)cc1. The molecule has 18 heavy (non-hydrogen) atoms. The fourth-order valence-electron chi connectivity index (χ4n) is 1.55. The van der Waals surface area contributed by atoms with E-state index in [-0.39, 0.29) is 5.91 Å². The highest BCUT2D eigenvalue weighted by atomic mass is 79.9. The number of amides is 1. The largest absolute Gasteiger partial charge is 0.399 e. The molecule has 3 N–H and O–H groups in total. The summed E-state index contributed by atoms with van der Waals surface area (Å²) in [4.78, 5) is 11.9. The van der Waals surface area contributed by atoms with Crippen LogP contribution in [0.1, 0.15) is 15.9 Å². The van der Waals surface area contributed by atoms with Gasteiger partial charge in [-0.3, -0.25) is 4.79 Å². The van der Waals surface area contributed by atoms with Gasteiger partial charge in [0.05, 0.1) is 0 Å². The molecule has 0 aliphatic heterocycles. The van der Waals surface area contributed by atoms with E-state index in [1.165, 1.54) is 0 Å². The predicted octanol–water partition coefficient (Wildman–Crippen LogP) is 2.96. The molecule has 4 heteroatoms. The van der Waals surface area contributed by atoms with Crippen molar-refractivity contribution in [3.05, 3.63) is 64.1 Å². The van der Waals surface area contributed by atoms with Gasteiger partial charge >= 0.3 is 0 Å². The molecule has 2 rings (SSSR count). The zero-order valence-corrected chi connectivity index (χ0v) is 11.3. The highest BCUT2D eigenvalue weighted by Crippen LogP contribution is 2.12. The minimum Gasteiger partial charge on any atom is -0.399 e. The molecule has 2 aromatic carbocycles. The van der Waals surface area contributed by atoms with Crippen LogP contribution < -0.4 is 11.1 Å². The zero-order valence-electron chi connectivity index (χ0n) is 9.69. The van der Waals surface area contributed by atoms with E-state index in [0.717, 1.165) is 15.7 Å². The summed E-state index contributed by atoms with van der Waals surface area (Å²) in [5.74, 6) is -0.0897. The number of hydrogen-bond donors (Lipinski definition) is 2. The number of carbonyl (C=O) groups is 1. The molecular formula is C14H13BrN2O. The third-order valence-corrected chi connectivity index (χ3v) is 3.01. The molecule has 0 saturated carbocycles. The second kappa shape index (κ2) is 5.69. The van der Waals surface area contributed by atoms with Crippen molar-refractivity contribution in [1.82, 2.24) is 5.32 Å². The number of nitrogens with two attached hydrogens (primary N) is 1. The van der Waals surface area contributed by atoms with E-state index < -0.39 is 0 Å². The van der Waals surface area contributed by atoms with Gasteiger partial charge in [-0.05, 0) is 35.9 Å². The van der Waals surface area contributed by atoms with Crippen molar-refractivity contribution in [2.45, 2.75) is 6.54 Å². The number of benzene rings is 2. The Kier molecular flexibility index (Phi) is 3.99. The van der Waals surface area contributed by atoms with Gasteiger partial charge in [0.25, 0.3) is 5.91 Å². The van der Waals surface area contributed by atoms with Crippen LogP contribution in [0.4, 0.5) is 5.69 Å². The van der Waals surface area contributed by atoms with Crippen LogP contribution in [0.25, 0.3) is 0 Å². The lowest BCUT2D eigenvalue weighted by Gasteiger charge is -2.06. The quantitative estimate of drug-likeness (QED) is 0.857. The number of hydrogen-bond acceptors (Lipinski definition) is 2. The van der Waals surface area contributed by atoms with E-state index in [0.29, 0.717) is 12.1 Å². The molecule has 0 aliphatic rings. The third kappa shape index (κ3) is 3.34. The highest BCUT2D eigenvalue weighted by molar-refractivity contribution is 9.10. The van der Waals surface area contributed by atoms with Gasteiger partial charge in [-0.1, -0.05) is 34.1 Å². The van der Waals surface area contributed by atoms with E-state index >= 15 is 0 Å². The molecule has 0 saturated heterocycles. The normalized spacial score (nSPS) is 10.1. The fraction of sp³-hybridized carbons (Fsp3) is 0.0714. The molecule has 0 aliphatic carbocycles. The summed E-state index contributed by atoms with van der Waals surface area (Å²) < 4.78 is 0.891. The molecule has 92 valence electrons. The van der Waals surface area contributed by atoms with Gasteiger partial charge in [-0.25, -0.2) is 0 Å². The molecule has 1 amide bonds. The first kappa shape index (κ1) is 12.6. The van der Waals surface area contributed by atoms with Gasteiger partial charge in [-0.2, -0.15) is 0 Å². The molecular weight excluding hydrogens is 292 g/mol. The number of carbonyl (C=O) groups excluding carboxylic acids is 1. The van der Waals surface area contributed by atoms with Crippen LogP contribution in [0.3, 0.4) is 0 Å². The van der Waals surface area contributed by atoms with Crippen molar-refractivity contribution < 1.29 is 4.79 Å². The topological polar surface area (TPSA) is 55.1 Å². The van der Waals surface area contributed by atoms with Gasteiger partial charge in [-0.15, -0.1) is 0 Å². The first-order valence-corrected chi connectivity index (χ1v) is 6.32. The predicted molar refractivity (Wildman–Crippen MR) is 76.2 cm³/mol. The van der Waals surface area contributed by atoms with Crippen LogP contribution in [-0.4, -0.2) is 5.91 Å². The highest BCUT2D eigenvalue weighted by Gasteiger charge is 2.05. The third-order valence-electron chi connectivity index (χ3n) is 2.52. The molecule has 0 spiro atoms. The molecule has 0 unspecified atom stereocenters. The van der Waals surface area contributed by atoms with Crippen molar-refractivity contribution in [3.8, 4) is 0 Å². The summed E-state index contributed by atoms with van der Waals surface area (Å²) in [6, 6.07) is 14.7. The lowest BCUT2D eigenvalue weighted by Crippen LogP contribution is -2.22. The van der Waals surface area contributed by atoms with E-state index in [1.807, 2.05) is 36.4 Å². The van der Waals surface area contributed by atoms with Crippen molar-refractivity contribution in [2.75, 3.05) is 5.73 Å². The number of anilines is 1. The van der Waals surface area contributed by atoms with Crippen molar-refractivity contribution >= 4 is 27.5 Å². The van der Waals surface area contributed by atoms with Gasteiger partial charge in [0.2, 0.25) is 0 Å². The Labute approximate surface area is 114 Å². The molecule has 3 nitrogen and oxygen atoms in total. The lowest BCUT2D eigenvalue weighted by atomic mass is 10.2. The van der Waals surface area contributed by atoms with Gasteiger partial charge in [0.15, 0.2) is 0 Å². The maximum absolute atomic E-state index is 11.9. The maximum Gasteiger partial charge on any atom is 0.251 e. The summed E-state index contributed by atoms with van der Waals surface area (Å²) in [6.45, 7) is 0.492. The van der Waals surface area contributed by atoms with Crippen LogP contribution in [0.15, 0.2) is 53.0 Å². The van der Waals surface area contributed by atoms with Crippen molar-refractivity contribution in [1.29, 1.82) is 0 Å². The Morgan fingerprint density at radius 1 is 1.17 bits per heavy atom. The number of nitrogen functional groups attached to an aromatic ring is 1. The van der Waals surface area contributed by atoms with Crippen LogP contribution in [-0.2, 0) is 6.54 Å². The van der Waals surface area contributed by atoms with Crippen LogP contribution in [0.2, 0.25) is 0 Å². The number of rotatable bonds is 3. The van der Waals surface area contributed by atoms with Gasteiger partial charge < -0.3 is 11.1 Å². The molecule has 2 aromatic rings. The summed E-state index contributed by atoms with van der Waals surface area (Å²) in [7, 11) is 0. The second-order valence-corrected chi connectivity index (χ2v) is 4.85. The van der Waals surface area contributed by atoms with Crippen molar-refractivity contribution in [2.24, 2.45) is 0 Å². The standard InChI is InChI=1S/C14H13BrN2O/c15-12-3-1-2-11(8-12)14(18)17-9-10-4-6-13(16)7-5-10/h1-8H,9,16H2,(H,17,18). The Hall–Kier alpha value is -1.81. The monoisotopic (exact) mass is 304 g/mol. The number of halogens is 1. The van der Waals surface area contributed by atoms with E-state index in [2.05, 4.69) is 21.2 Å². The van der Waals surface area contributed by atoms with Crippen LogP contribution in [0.5, 0.6) is 0 Å². The van der Waals surface area contributed by atoms with E-state index in [9.17, 15) is 4.79 Å². The first-order valence-electron chi connectivity index (χ1n) is 5.53. The molecule has 0 aromatic heterocycles. The Morgan fingerprint density at radius 2 is 1.89 bits per heavy atom. The van der Waals surface area contributed by atoms with Crippen molar-refractivity contribution in [3.63, 3.8) is 0 Å². The molecule has 0 atom stereocenters. The summed E-state index contributed by atoms with van der Waals surface area (Å²) in [5.41, 5.74) is 7.98. The Balaban J connectivity index is 1.98. The minimum atomic E-state index is -0.0897. The lowest BCUT2D eigenvalue weighted by molar-refractivity contribution is 0.0951. The van der Waals surface area contributed by atoms with E-state index in [1.54, 1.807) is 12.1 Å². The fourth-order valence-corrected chi connectivity index (χ4v) is 1.95. The molecule has 0 radical (unpaired) electrons. The van der Waals surface area contributed by atoms with Gasteiger partial charge in [0, 0.05) is 22.3 Å². The first-order chi connectivity index (χ1) is 8.65. The Bertz CT molecular complexity index is 552. The Morgan fingerprint density at radius 3 is 2.56 bits per heavy atom. The van der Waals surface area contributed by atoms with Crippen LogP contribution >= 0.6 is 15.9 Å². The molecule has 0 heterocycles. The molecule has 0 fully saturated rings. The minimum absolute atomic E-state index is 0.0897. The maximum atomic E-state index is 11.9. The zero-order chi connectivity index (χ0) is 13.0. The average molecular weight is 305 g/mol. The summed E-state index contributed by atoms with van der Waals surface area (Å²) in [5, 5.41) is 2.86. The smallest absolute Gasteiger partial charge is 0.251 e. The average Bonchev–Trinajstić information content (AvgIpc) is 2.38. The summed E-state index contributed by atoms with van der Waals surface area (Å²) in [6.07, 6.45) is 0.